The average molecular weight is 411 g/mol. The van der Waals surface area contributed by atoms with Gasteiger partial charge in [0.25, 0.3) is 5.91 Å². The van der Waals surface area contributed by atoms with Crippen LogP contribution in [0, 0.1) is 0 Å². The molecular formula is C22H25N3O5. The minimum atomic E-state index is -0.697. The number of pyridine rings is 1. The van der Waals surface area contributed by atoms with Crippen molar-refractivity contribution >= 4 is 17.7 Å². The van der Waals surface area contributed by atoms with Crippen molar-refractivity contribution in [2.45, 2.75) is 45.5 Å². The van der Waals surface area contributed by atoms with Crippen molar-refractivity contribution in [3.8, 4) is 22.8 Å². The molecule has 4 rings (SSSR count). The molecule has 2 amide bonds. The minimum Gasteiger partial charge on any atom is -0.493 e. The summed E-state index contributed by atoms with van der Waals surface area (Å²) in [6, 6.07) is 6.54. The van der Waals surface area contributed by atoms with E-state index >= 15 is 0 Å². The lowest BCUT2D eigenvalue weighted by molar-refractivity contribution is -0.119. The molecular weight excluding hydrogens is 386 g/mol. The predicted octanol–water partition coefficient (Wildman–Crippen LogP) is 3.75. The average Bonchev–Trinajstić information content (AvgIpc) is 2.97. The number of rotatable bonds is 2. The Morgan fingerprint density at radius 3 is 2.43 bits per heavy atom. The standard InChI is InChI=1S/C22H25N3O5/c1-12-20(26)25-15-11-17(29-6)16(28-5)10-14(15)18-13(8-7-9-23-18)19(25)24(12)21(27)30-22(2,3)4/h7-12,19H,1-6H3/t12-,19+/m0/s1. The van der Waals surface area contributed by atoms with Gasteiger partial charge in [0.1, 0.15) is 17.8 Å². The number of methoxy groups -OCH3 is 2. The van der Waals surface area contributed by atoms with Crippen LogP contribution in [0.4, 0.5) is 10.5 Å². The molecule has 8 nitrogen and oxygen atoms in total. The molecule has 2 atom stereocenters. The highest BCUT2D eigenvalue weighted by Gasteiger charge is 2.52. The van der Waals surface area contributed by atoms with E-state index < -0.39 is 23.9 Å². The van der Waals surface area contributed by atoms with Crippen LogP contribution in [0.1, 0.15) is 39.4 Å². The Bertz CT molecular complexity index is 1030. The second kappa shape index (κ2) is 6.90. The fourth-order valence-corrected chi connectivity index (χ4v) is 4.00. The Kier molecular flexibility index (Phi) is 4.60. The van der Waals surface area contributed by atoms with Gasteiger partial charge in [-0.25, -0.2) is 4.79 Å². The molecule has 2 aliphatic rings. The van der Waals surface area contributed by atoms with E-state index in [2.05, 4.69) is 4.98 Å². The maximum atomic E-state index is 13.3. The van der Waals surface area contributed by atoms with Crippen LogP contribution in [0.5, 0.6) is 11.5 Å². The van der Waals surface area contributed by atoms with Gasteiger partial charge in [0.2, 0.25) is 0 Å². The van der Waals surface area contributed by atoms with E-state index in [0.29, 0.717) is 22.9 Å². The highest BCUT2D eigenvalue weighted by Crippen LogP contribution is 2.52. The fourth-order valence-electron chi connectivity index (χ4n) is 4.00. The Morgan fingerprint density at radius 2 is 1.80 bits per heavy atom. The topological polar surface area (TPSA) is 81.2 Å². The number of fused-ring (bicyclic) bond motifs is 6. The summed E-state index contributed by atoms with van der Waals surface area (Å²) in [5, 5.41) is 0. The summed E-state index contributed by atoms with van der Waals surface area (Å²) in [6.45, 7) is 7.11. The molecule has 1 aromatic carbocycles. The third-order valence-corrected chi connectivity index (χ3v) is 5.26. The van der Waals surface area contributed by atoms with Crippen molar-refractivity contribution in [3.63, 3.8) is 0 Å². The van der Waals surface area contributed by atoms with Crippen molar-refractivity contribution in [2.75, 3.05) is 19.1 Å². The van der Waals surface area contributed by atoms with Crippen LogP contribution in [0.3, 0.4) is 0 Å². The van der Waals surface area contributed by atoms with Gasteiger partial charge in [0.15, 0.2) is 11.5 Å². The Labute approximate surface area is 175 Å². The fraction of sp³-hybridized carbons (Fsp3) is 0.409. The van der Waals surface area contributed by atoms with Gasteiger partial charge < -0.3 is 14.2 Å². The Hall–Kier alpha value is -3.29. The van der Waals surface area contributed by atoms with Crippen molar-refractivity contribution in [2.24, 2.45) is 0 Å². The monoisotopic (exact) mass is 411 g/mol. The summed E-state index contributed by atoms with van der Waals surface area (Å²) in [5.41, 5.74) is 2.11. The molecule has 1 saturated heterocycles. The predicted molar refractivity (Wildman–Crippen MR) is 111 cm³/mol. The lowest BCUT2D eigenvalue weighted by Gasteiger charge is -2.37. The van der Waals surface area contributed by atoms with Crippen molar-refractivity contribution in [1.29, 1.82) is 0 Å². The quantitative estimate of drug-likeness (QED) is 0.749. The second-order valence-corrected chi connectivity index (χ2v) is 8.31. The van der Waals surface area contributed by atoms with Gasteiger partial charge in [-0.2, -0.15) is 0 Å². The van der Waals surface area contributed by atoms with E-state index in [9.17, 15) is 9.59 Å². The largest absolute Gasteiger partial charge is 0.493 e. The van der Waals surface area contributed by atoms with Crippen molar-refractivity contribution in [3.05, 3.63) is 36.0 Å². The molecule has 2 aromatic rings. The third-order valence-electron chi connectivity index (χ3n) is 5.26. The first-order chi connectivity index (χ1) is 14.2. The highest BCUT2D eigenvalue weighted by molar-refractivity contribution is 6.07. The number of aromatic nitrogens is 1. The van der Waals surface area contributed by atoms with Gasteiger partial charge in [-0.05, 0) is 39.8 Å². The lowest BCUT2D eigenvalue weighted by atomic mass is 9.95. The summed E-state index contributed by atoms with van der Waals surface area (Å²) in [5.74, 6) is 0.828. The minimum absolute atomic E-state index is 0.200. The first-order valence-electron chi connectivity index (χ1n) is 9.73. The van der Waals surface area contributed by atoms with Crippen LogP contribution in [0.25, 0.3) is 11.3 Å². The third kappa shape index (κ3) is 2.94. The lowest BCUT2D eigenvalue weighted by Crippen LogP contribution is -2.42. The summed E-state index contributed by atoms with van der Waals surface area (Å²) in [6.07, 6.45) is 0.485. The molecule has 2 aliphatic heterocycles. The molecule has 0 N–H and O–H groups in total. The van der Waals surface area contributed by atoms with Crippen molar-refractivity contribution in [1.82, 2.24) is 9.88 Å². The number of carbonyl (C=O) groups excluding carboxylic acids is 2. The van der Waals surface area contributed by atoms with Gasteiger partial charge in [0.05, 0.1) is 25.6 Å². The maximum Gasteiger partial charge on any atom is 0.412 e. The number of nitrogens with zero attached hydrogens (tertiary/aromatic N) is 3. The maximum absolute atomic E-state index is 13.3. The molecule has 0 radical (unpaired) electrons. The van der Waals surface area contributed by atoms with E-state index in [1.165, 1.54) is 12.0 Å². The molecule has 0 saturated carbocycles. The number of hydrogen-bond acceptors (Lipinski definition) is 6. The van der Waals surface area contributed by atoms with Crippen LogP contribution in [0.2, 0.25) is 0 Å². The van der Waals surface area contributed by atoms with E-state index in [1.54, 1.807) is 58.0 Å². The first kappa shape index (κ1) is 20.0. The molecule has 0 unspecified atom stereocenters. The zero-order valence-electron chi connectivity index (χ0n) is 17.9. The summed E-state index contributed by atoms with van der Waals surface area (Å²) in [4.78, 5) is 34.1. The van der Waals surface area contributed by atoms with E-state index in [1.807, 2.05) is 12.1 Å². The SMILES string of the molecule is COc1cc2c(cc1OC)N1C(=O)[C@H](C)N(C(=O)OC(C)(C)C)[C@H]1c1cccnc1-2. The summed E-state index contributed by atoms with van der Waals surface area (Å²) >= 11 is 0. The summed E-state index contributed by atoms with van der Waals surface area (Å²) in [7, 11) is 3.10. The molecule has 0 aliphatic carbocycles. The molecule has 1 aromatic heterocycles. The number of anilines is 1. The van der Waals surface area contributed by atoms with Crippen LogP contribution < -0.4 is 14.4 Å². The zero-order valence-corrected chi connectivity index (χ0v) is 17.9. The van der Waals surface area contributed by atoms with Crippen LogP contribution in [0.15, 0.2) is 30.5 Å². The van der Waals surface area contributed by atoms with Gasteiger partial charge >= 0.3 is 6.09 Å². The van der Waals surface area contributed by atoms with Gasteiger partial charge in [-0.1, -0.05) is 6.07 Å². The number of ether oxygens (including phenoxy) is 3. The van der Waals surface area contributed by atoms with Crippen molar-refractivity contribution < 1.29 is 23.8 Å². The Balaban J connectivity index is 1.93. The molecule has 3 heterocycles. The molecule has 158 valence electrons. The van der Waals surface area contributed by atoms with Crippen LogP contribution in [-0.2, 0) is 9.53 Å². The zero-order chi connectivity index (χ0) is 21.8. The molecule has 30 heavy (non-hydrogen) atoms. The van der Waals surface area contributed by atoms with Gasteiger partial charge in [-0.3, -0.25) is 19.6 Å². The smallest absolute Gasteiger partial charge is 0.412 e. The van der Waals surface area contributed by atoms with E-state index in [0.717, 1.165) is 11.1 Å². The normalized spacial score (nSPS) is 19.7. The van der Waals surface area contributed by atoms with Crippen LogP contribution >= 0.6 is 0 Å². The van der Waals surface area contributed by atoms with Crippen LogP contribution in [-0.4, -0.2) is 47.7 Å². The molecule has 8 heteroatoms. The Morgan fingerprint density at radius 1 is 1.13 bits per heavy atom. The number of benzene rings is 1. The summed E-state index contributed by atoms with van der Waals surface area (Å²) < 4.78 is 16.5. The van der Waals surface area contributed by atoms with Gasteiger partial charge in [-0.15, -0.1) is 0 Å². The number of carbonyl (C=O) groups is 2. The van der Waals surface area contributed by atoms with E-state index in [4.69, 9.17) is 14.2 Å². The number of hydrogen-bond donors (Lipinski definition) is 0. The molecule has 1 fully saturated rings. The molecule has 0 bridgehead atoms. The first-order valence-corrected chi connectivity index (χ1v) is 9.73. The van der Waals surface area contributed by atoms with Gasteiger partial charge in [0, 0.05) is 23.4 Å². The highest BCUT2D eigenvalue weighted by atomic mass is 16.6. The number of amides is 2. The molecule has 0 spiro atoms. The second-order valence-electron chi connectivity index (χ2n) is 8.31. The van der Waals surface area contributed by atoms with E-state index in [-0.39, 0.29) is 5.91 Å².